The van der Waals surface area contributed by atoms with E-state index in [4.69, 9.17) is 11.6 Å². The van der Waals surface area contributed by atoms with Gasteiger partial charge in [0.15, 0.2) is 0 Å². The van der Waals surface area contributed by atoms with E-state index in [0.717, 1.165) is 17.7 Å². The lowest BCUT2D eigenvalue weighted by Crippen LogP contribution is -2.32. The number of hydrogen-bond acceptors (Lipinski definition) is 3. The van der Waals surface area contributed by atoms with Gasteiger partial charge in [-0.2, -0.15) is 15.3 Å². The summed E-state index contributed by atoms with van der Waals surface area (Å²) in [5, 5.41) is 13.9. The van der Waals surface area contributed by atoms with E-state index in [-0.39, 0.29) is 16.6 Å². The Morgan fingerprint density at radius 1 is 1.26 bits per heavy atom. The summed E-state index contributed by atoms with van der Waals surface area (Å²) in [5.41, 5.74) is 3.80. The molecular weight excluding hydrogens is 363 g/mol. The van der Waals surface area contributed by atoms with E-state index < -0.39 is 0 Å². The van der Waals surface area contributed by atoms with Gasteiger partial charge in [-0.05, 0) is 61.8 Å². The molecule has 2 unspecified atom stereocenters. The molecule has 2 aliphatic carbocycles. The summed E-state index contributed by atoms with van der Waals surface area (Å²) in [6.07, 6.45) is 5.17. The van der Waals surface area contributed by atoms with Gasteiger partial charge in [0.25, 0.3) is 0 Å². The molecule has 2 aliphatic rings. The lowest BCUT2D eigenvalue weighted by molar-refractivity contribution is 0.194. The van der Waals surface area contributed by atoms with Crippen LogP contribution >= 0.6 is 11.6 Å². The highest BCUT2D eigenvalue weighted by Crippen LogP contribution is 2.64. The molecular formula is C21H24ClFN4. The van der Waals surface area contributed by atoms with Gasteiger partial charge in [0.2, 0.25) is 0 Å². The van der Waals surface area contributed by atoms with Crippen molar-refractivity contribution in [2.45, 2.75) is 47.0 Å². The second-order valence-electron chi connectivity index (χ2n) is 8.46. The van der Waals surface area contributed by atoms with Crippen LogP contribution in [0.2, 0.25) is 5.15 Å². The fraction of sp³-hybridized carbons (Fsp3) is 0.476. The van der Waals surface area contributed by atoms with E-state index in [9.17, 15) is 4.39 Å². The highest BCUT2D eigenvalue weighted by Gasteiger charge is 2.59. The van der Waals surface area contributed by atoms with E-state index in [2.05, 4.69) is 36.1 Å². The molecule has 2 bridgehead atoms. The van der Waals surface area contributed by atoms with Crippen molar-refractivity contribution >= 4 is 23.5 Å². The Bertz CT molecular complexity index is 942. The van der Waals surface area contributed by atoms with Gasteiger partial charge >= 0.3 is 0 Å². The lowest BCUT2D eigenvalue weighted by Gasteiger charge is -2.34. The zero-order chi connectivity index (χ0) is 19.4. The molecule has 2 fully saturated rings. The quantitative estimate of drug-likeness (QED) is 0.500. The predicted molar refractivity (Wildman–Crippen MR) is 108 cm³/mol. The monoisotopic (exact) mass is 386 g/mol. The van der Waals surface area contributed by atoms with Gasteiger partial charge < -0.3 is 0 Å². The Kier molecular flexibility index (Phi) is 4.26. The first-order chi connectivity index (χ1) is 12.7. The van der Waals surface area contributed by atoms with Gasteiger partial charge in [-0.1, -0.05) is 32.4 Å². The van der Waals surface area contributed by atoms with Crippen molar-refractivity contribution in [1.82, 2.24) is 9.78 Å². The van der Waals surface area contributed by atoms with Crippen LogP contribution in [0.4, 0.5) is 4.39 Å². The largest absolute Gasteiger partial charge is 0.221 e. The van der Waals surface area contributed by atoms with Crippen LogP contribution in [0.1, 0.15) is 51.3 Å². The van der Waals surface area contributed by atoms with Crippen molar-refractivity contribution in [1.29, 1.82) is 0 Å². The number of rotatable bonds is 3. The average molecular weight is 387 g/mol. The average Bonchev–Trinajstić information content (AvgIpc) is 3.10. The van der Waals surface area contributed by atoms with Gasteiger partial charge in [-0.15, -0.1) is 0 Å². The molecule has 2 saturated carbocycles. The molecule has 27 heavy (non-hydrogen) atoms. The highest BCUT2D eigenvalue weighted by atomic mass is 35.5. The molecule has 6 heteroatoms. The molecule has 1 heterocycles. The van der Waals surface area contributed by atoms with E-state index in [1.165, 1.54) is 30.7 Å². The molecule has 0 radical (unpaired) electrons. The smallest absolute Gasteiger partial charge is 0.142 e. The topological polar surface area (TPSA) is 42.5 Å². The van der Waals surface area contributed by atoms with Crippen molar-refractivity contribution in [2.24, 2.45) is 27.0 Å². The second-order valence-corrected chi connectivity index (χ2v) is 8.82. The second kappa shape index (κ2) is 6.26. The Morgan fingerprint density at radius 3 is 2.56 bits per heavy atom. The van der Waals surface area contributed by atoms with Crippen molar-refractivity contribution in [3.8, 4) is 5.69 Å². The summed E-state index contributed by atoms with van der Waals surface area (Å²) in [7, 11) is 0. The maximum Gasteiger partial charge on any atom is 0.142 e. The molecule has 4 nitrogen and oxygen atoms in total. The SMILES string of the molecule is Cc1nn(-c2ccc(F)cc2)c(Cl)c1C=NN=C1CC2CCC1(C)C2(C)C. The van der Waals surface area contributed by atoms with Crippen LogP contribution in [-0.2, 0) is 0 Å². The van der Waals surface area contributed by atoms with Crippen LogP contribution in [0.15, 0.2) is 34.5 Å². The minimum absolute atomic E-state index is 0.131. The van der Waals surface area contributed by atoms with E-state index in [1.807, 2.05) is 6.92 Å². The van der Waals surface area contributed by atoms with Gasteiger partial charge in [0.05, 0.1) is 23.2 Å². The van der Waals surface area contributed by atoms with Gasteiger partial charge in [-0.3, -0.25) is 0 Å². The van der Waals surface area contributed by atoms with Gasteiger partial charge in [-0.25, -0.2) is 9.07 Å². The number of benzene rings is 1. The van der Waals surface area contributed by atoms with Crippen molar-refractivity contribution in [3.05, 3.63) is 46.5 Å². The number of fused-ring (bicyclic) bond motifs is 2. The molecule has 2 aromatic rings. The number of aryl methyl sites for hydroxylation is 1. The molecule has 0 amide bonds. The summed E-state index contributed by atoms with van der Waals surface area (Å²) in [5.74, 6) is 0.404. The number of hydrogen-bond donors (Lipinski definition) is 0. The van der Waals surface area contributed by atoms with E-state index in [0.29, 0.717) is 16.8 Å². The maximum atomic E-state index is 13.2. The van der Waals surface area contributed by atoms with Crippen molar-refractivity contribution in [2.75, 3.05) is 0 Å². The Hall–Kier alpha value is -2.01. The Balaban J connectivity index is 1.62. The van der Waals surface area contributed by atoms with E-state index in [1.54, 1.807) is 23.0 Å². The highest BCUT2D eigenvalue weighted by molar-refractivity contribution is 6.32. The number of nitrogens with zero attached hydrogens (tertiary/aromatic N) is 4. The molecule has 0 spiro atoms. The third-order valence-corrected chi connectivity index (χ3v) is 7.36. The summed E-state index contributed by atoms with van der Waals surface area (Å²) in [6, 6.07) is 6.07. The van der Waals surface area contributed by atoms with E-state index >= 15 is 0 Å². The summed E-state index contributed by atoms with van der Waals surface area (Å²) < 4.78 is 14.7. The summed E-state index contributed by atoms with van der Waals surface area (Å²) in [4.78, 5) is 0. The molecule has 0 saturated heterocycles. The number of halogens is 2. The van der Waals surface area contributed by atoms with Gasteiger partial charge in [0, 0.05) is 11.1 Å². The standard InChI is InChI=1S/C21H24ClFN4/c1-13-17(19(22)27(26-13)16-7-5-15(23)6-8-16)12-24-25-18-11-14-9-10-21(18,4)20(14,2)3/h5-8,12,14H,9-11H2,1-4H3. The molecule has 142 valence electrons. The zero-order valence-corrected chi connectivity index (χ0v) is 16.9. The molecule has 1 aromatic carbocycles. The first kappa shape index (κ1) is 18.4. The minimum Gasteiger partial charge on any atom is -0.221 e. The Labute approximate surface area is 164 Å². The molecule has 0 N–H and O–H groups in total. The van der Waals surface area contributed by atoms with Crippen LogP contribution in [0.25, 0.3) is 5.69 Å². The van der Waals surface area contributed by atoms with Crippen LogP contribution in [-0.4, -0.2) is 21.7 Å². The first-order valence-electron chi connectivity index (χ1n) is 9.35. The lowest BCUT2D eigenvalue weighted by atomic mass is 9.70. The Morgan fingerprint density at radius 2 is 1.96 bits per heavy atom. The summed E-state index contributed by atoms with van der Waals surface area (Å²) >= 11 is 6.50. The molecule has 0 aliphatic heterocycles. The van der Waals surface area contributed by atoms with Crippen LogP contribution in [0.5, 0.6) is 0 Å². The van der Waals surface area contributed by atoms with Gasteiger partial charge in [0.1, 0.15) is 11.0 Å². The summed E-state index contributed by atoms with van der Waals surface area (Å²) in [6.45, 7) is 8.90. The zero-order valence-electron chi connectivity index (χ0n) is 16.1. The van der Waals surface area contributed by atoms with Crippen molar-refractivity contribution < 1.29 is 4.39 Å². The molecule has 2 atom stereocenters. The fourth-order valence-electron chi connectivity index (χ4n) is 4.65. The molecule has 1 aromatic heterocycles. The maximum absolute atomic E-state index is 13.2. The predicted octanol–water partition coefficient (Wildman–Crippen LogP) is 5.59. The van der Waals surface area contributed by atoms with Crippen LogP contribution in [0.3, 0.4) is 0 Å². The normalized spacial score (nSPS) is 27.9. The van der Waals surface area contributed by atoms with Crippen LogP contribution in [0, 0.1) is 29.5 Å². The third kappa shape index (κ3) is 2.75. The number of aromatic nitrogens is 2. The first-order valence-corrected chi connectivity index (χ1v) is 9.73. The van der Waals surface area contributed by atoms with Crippen molar-refractivity contribution in [3.63, 3.8) is 0 Å². The molecule has 4 rings (SSSR count). The fourth-order valence-corrected chi connectivity index (χ4v) is 4.97. The van der Waals surface area contributed by atoms with Crippen LogP contribution < -0.4 is 0 Å². The minimum atomic E-state index is -0.293. The third-order valence-electron chi connectivity index (χ3n) is 7.00.